The van der Waals surface area contributed by atoms with E-state index in [-0.39, 0.29) is 31.1 Å². The Bertz CT molecular complexity index is 1070. The van der Waals surface area contributed by atoms with Gasteiger partial charge in [-0.25, -0.2) is 4.39 Å². The summed E-state index contributed by atoms with van der Waals surface area (Å²) in [5.74, 6) is -2.04. The molecule has 2 aromatic rings. The van der Waals surface area contributed by atoms with Crippen molar-refractivity contribution < 1.29 is 19.1 Å². The third-order valence-corrected chi connectivity index (χ3v) is 5.67. The topological polar surface area (TPSA) is 86.9 Å². The number of carbonyl (C=O) groups excluding carboxylic acids is 2. The average molecular weight is 426 g/mol. The highest BCUT2D eigenvalue weighted by Gasteiger charge is 2.34. The molecule has 0 bridgehead atoms. The first-order chi connectivity index (χ1) is 14.5. The lowest BCUT2D eigenvalue weighted by Gasteiger charge is -2.25. The van der Waals surface area contributed by atoms with Crippen LogP contribution in [0.5, 0.6) is 5.75 Å². The summed E-state index contributed by atoms with van der Waals surface area (Å²) >= 11 is 0. The molecule has 0 aliphatic carbocycles. The number of hydrogen-bond acceptors (Lipinski definition) is 4. The van der Waals surface area contributed by atoms with E-state index in [0.717, 1.165) is 11.1 Å². The summed E-state index contributed by atoms with van der Waals surface area (Å²) in [7, 11) is 1.63. The predicted molar refractivity (Wildman–Crippen MR) is 118 cm³/mol. The van der Waals surface area contributed by atoms with Gasteiger partial charge in [0, 0.05) is 43.5 Å². The SMILES string of the molecule is C=CC(=O)N(C)c1cccc2c1CN(C(=O)c1c(O)c(CN)cc(C(C)(C)C)c1F)C2. The number of phenols is 1. The minimum Gasteiger partial charge on any atom is -0.507 e. The lowest BCUT2D eigenvalue weighted by atomic mass is 9.83. The minimum absolute atomic E-state index is 0.0195. The van der Waals surface area contributed by atoms with Gasteiger partial charge in [0.2, 0.25) is 5.91 Å². The molecule has 164 valence electrons. The molecular weight excluding hydrogens is 397 g/mol. The van der Waals surface area contributed by atoms with Gasteiger partial charge in [0.15, 0.2) is 0 Å². The zero-order chi connectivity index (χ0) is 23.1. The number of hydrogen-bond donors (Lipinski definition) is 2. The molecule has 2 aromatic carbocycles. The van der Waals surface area contributed by atoms with Crippen LogP contribution >= 0.6 is 0 Å². The summed E-state index contributed by atoms with van der Waals surface area (Å²) in [5, 5.41) is 10.6. The Morgan fingerprint density at radius 2 is 2.00 bits per heavy atom. The molecule has 1 heterocycles. The molecule has 0 atom stereocenters. The number of anilines is 1. The quantitative estimate of drug-likeness (QED) is 0.733. The van der Waals surface area contributed by atoms with E-state index in [0.29, 0.717) is 16.8 Å². The monoisotopic (exact) mass is 425 g/mol. The molecule has 6 nitrogen and oxygen atoms in total. The van der Waals surface area contributed by atoms with Crippen LogP contribution in [0.3, 0.4) is 0 Å². The molecule has 0 saturated carbocycles. The lowest BCUT2D eigenvalue weighted by molar-refractivity contribution is -0.113. The molecule has 0 saturated heterocycles. The summed E-state index contributed by atoms with van der Waals surface area (Å²) in [4.78, 5) is 28.4. The van der Waals surface area contributed by atoms with Crippen molar-refractivity contribution in [1.29, 1.82) is 0 Å². The number of amides is 2. The summed E-state index contributed by atoms with van der Waals surface area (Å²) in [6, 6.07) is 6.98. The Hall–Kier alpha value is -3.19. The van der Waals surface area contributed by atoms with Crippen LogP contribution in [-0.4, -0.2) is 28.9 Å². The fraction of sp³-hybridized carbons (Fsp3) is 0.333. The van der Waals surface area contributed by atoms with Gasteiger partial charge in [-0.2, -0.15) is 0 Å². The van der Waals surface area contributed by atoms with Crippen LogP contribution in [0.2, 0.25) is 0 Å². The van der Waals surface area contributed by atoms with Crippen LogP contribution < -0.4 is 10.6 Å². The molecule has 0 radical (unpaired) electrons. The molecule has 2 amide bonds. The van der Waals surface area contributed by atoms with Crippen LogP contribution in [0.25, 0.3) is 0 Å². The average Bonchev–Trinajstić information content (AvgIpc) is 3.16. The molecule has 1 aliphatic rings. The van der Waals surface area contributed by atoms with Crippen LogP contribution in [0.1, 0.15) is 53.4 Å². The number of fused-ring (bicyclic) bond motifs is 1. The number of phenolic OH excluding ortho intramolecular Hbond substituents is 1. The van der Waals surface area contributed by atoms with E-state index in [1.807, 2.05) is 26.8 Å². The maximum Gasteiger partial charge on any atom is 0.261 e. The van der Waals surface area contributed by atoms with Crippen LogP contribution in [0.4, 0.5) is 10.1 Å². The Kier molecular flexibility index (Phi) is 5.91. The molecule has 31 heavy (non-hydrogen) atoms. The maximum atomic E-state index is 15.4. The van der Waals surface area contributed by atoms with Crippen LogP contribution in [-0.2, 0) is 29.8 Å². The van der Waals surface area contributed by atoms with Gasteiger partial charge in [0.05, 0.1) is 0 Å². The van der Waals surface area contributed by atoms with Gasteiger partial charge in [0.25, 0.3) is 5.91 Å². The van der Waals surface area contributed by atoms with Gasteiger partial charge in [-0.1, -0.05) is 39.5 Å². The van der Waals surface area contributed by atoms with Crippen molar-refractivity contribution >= 4 is 17.5 Å². The smallest absolute Gasteiger partial charge is 0.261 e. The second-order valence-corrected chi connectivity index (χ2v) is 8.75. The van der Waals surface area contributed by atoms with Crippen molar-refractivity contribution in [2.24, 2.45) is 5.73 Å². The maximum absolute atomic E-state index is 15.4. The van der Waals surface area contributed by atoms with Gasteiger partial charge < -0.3 is 20.6 Å². The molecular formula is C24H28FN3O3. The number of benzene rings is 2. The Morgan fingerprint density at radius 1 is 1.32 bits per heavy atom. The first kappa shape index (κ1) is 22.5. The standard InChI is InChI=1S/C24H28FN3O3/c1-6-19(29)27(5)18-9-7-8-14-12-28(13-16(14)18)23(31)20-21(25)17(24(2,3)4)10-15(11-26)22(20)30/h6-10,30H,1,11-13,26H2,2-5H3. The van der Waals surface area contributed by atoms with E-state index < -0.39 is 22.9 Å². The zero-order valence-corrected chi connectivity index (χ0v) is 18.3. The number of rotatable bonds is 4. The summed E-state index contributed by atoms with van der Waals surface area (Å²) in [6.45, 7) is 9.43. The summed E-state index contributed by atoms with van der Waals surface area (Å²) < 4.78 is 15.4. The Balaban J connectivity index is 2.04. The Labute approximate surface area is 181 Å². The number of carbonyl (C=O) groups is 2. The minimum atomic E-state index is -0.734. The fourth-order valence-electron chi connectivity index (χ4n) is 3.88. The number of nitrogens with two attached hydrogens (primary N) is 1. The number of nitrogens with zero attached hydrogens (tertiary/aromatic N) is 2. The van der Waals surface area contributed by atoms with Gasteiger partial charge in [-0.3, -0.25) is 9.59 Å². The number of halogens is 1. The highest BCUT2D eigenvalue weighted by molar-refractivity contribution is 6.02. The zero-order valence-electron chi connectivity index (χ0n) is 18.3. The van der Waals surface area contributed by atoms with Crippen molar-refractivity contribution in [3.05, 3.63) is 70.6 Å². The Morgan fingerprint density at radius 3 is 2.58 bits per heavy atom. The second kappa shape index (κ2) is 8.15. The number of aromatic hydroxyl groups is 1. The van der Waals surface area contributed by atoms with Crippen molar-refractivity contribution in [2.45, 2.75) is 45.8 Å². The third kappa shape index (κ3) is 3.93. The van der Waals surface area contributed by atoms with Gasteiger partial charge in [-0.15, -0.1) is 0 Å². The first-order valence-electron chi connectivity index (χ1n) is 10.1. The normalized spacial score (nSPS) is 13.2. The van der Waals surface area contributed by atoms with E-state index in [4.69, 9.17) is 5.73 Å². The number of likely N-dealkylation sites (N-methyl/N-ethyl adjacent to an activating group) is 1. The van der Waals surface area contributed by atoms with E-state index in [1.165, 1.54) is 21.9 Å². The molecule has 0 aromatic heterocycles. The van der Waals surface area contributed by atoms with Gasteiger partial charge in [-0.05, 0) is 34.8 Å². The molecule has 7 heteroatoms. The van der Waals surface area contributed by atoms with Crippen molar-refractivity contribution in [2.75, 3.05) is 11.9 Å². The third-order valence-electron chi connectivity index (χ3n) is 5.67. The van der Waals surface area contributed by atoms with Crippen molar-refractivity contribution in [1.82, 2.24) is 4.90 Å². The molecule has 0 fully saturated rings. The summed E-state index contributed by atoms with van der Waals surface area (Å²) in [5.41, 5.74) is 7.78. The van der Waals surface area contributed by atoms with Gasteiger partial charge in [0.1, 0.15) is 17.1 Å². The van der Waals surface area contributed by atoms with Crippen molar-refractivity contribution in [3.8, 4) is 5.75 Å². The highest BCUT2D eigenvalue weighted by atomic mass is 19.1. The molecule has 0 spiro atoms. The van der Waals surface area contributed by atoms with E-state index in [9.17, 15) is 14.7 Å². The fourth-order valence-corrected chi connectivity index (χ4v) is 3.88. The summed E-state index contributed by atoms with van der Waals surface area (Å²) in [6.07, 6.45) is 1.22. The highest BCUT2D eigenvalue weighted by Crippen LogP contribution is 2.38. The van der Waals surface area contributed by atoms with E-state index >= 15 is 4.39 Å². The van der Waals surface area contributed by atoms with E-state index in [1.54, 1.807) is 19.2 Å². The largest absolute Gasteiger partial charge is 0.507 e. The van der Waals surface area contributed by atoms with Crippen molar-refractivity contribution in [3.63, 3.8) is 0 Å². The first-order valence-corrected chi connectivity index (χ1v) is 10.1. The predicted octanol–water partition coefficient (Wildman–Crippen LogP) is 3.59. The molecule has 1 aliphatic heterocycles. The van der Waals surface area contributed by atoms with Crippen LogP contribution in [0, 0.1) is 5.82 Å². The van der Waals surface area contributed by atoms with Gasteiger partial charge >= 0.3 is 0 Å². The second-order valence-electron chi connectivity index (χ2n) is 8.75. The molecule has 3 N–H and O–H groups in total. The lowest BCUT2D eigenvalue weighted by Crippen LogP contribution is -2.29. The molecule has 3 rings (SSSR count). The van der Waals surface area contributed by atoms with Crippen LogP contribution in [0.15, 0.2) is 36.9 Å². The van der Waals surface area contributed by atoms with E-state index in [2.05, 4.69) is 6.58 Å². The molecule has 0 unspecified atom stereocenters.